The Labute approximate surface area is 171 Å². The first-order chi connectivity index (χ1) is 12.5. The zero-order valence-electron chi connectivity index (χ0n) is 15.0. The van der Waals surface area contributed by atoms with Gasteiger partial charge in [0.25, 0.3) is 0 Å². The molecule has 1 atom stereocenters. The van der Waals surface area contributed by atoms with Gasteiger partial charge in [0, 0.05) is 19.4 Å². The Morgan fingerprint density at radius 2 is 2.22 bits per heavy atom. The first kappa shape index (κ1) is 21.6. The second kappa shape index (κ2) is 8.14. The quantitative estimate of drug-likeness (QED) is 0.377. The molecule has 0 aliphatic rings. The topological polar surface area (TPSA) is 90.3 Å². The van der Waals surface area contributed by atoms with Gasteiger partial charge in [-0.25, -0.2) is 22.9 Å². The lowest BCUT2D eigenvalue weighted by atomic mass is 9.95. The molecule has 0 spiro atoms. The number of halogens is 2. The molecular formula is C17H19BrClN3O4S. The summed E-state index contributed by atoms with van der Waals surface area (Å²) in [5.74, 6) is -0.649. The monoisotopic (exact) mass is 475 g/mol. The van der Waals surface area contributed by atoms with E-state index in [2.05, 4.69) is 32.2 Å². The van der Waals surface area contributed by atoms with Crippen molar-refractivity contribution in [2.24, 2.45) is 7.05 Å². The third-order valence-corrected chi connectivity index (χ3v) is 6.83. The lowest BCUT2D eigenvalue weighted by molar-refractivity contribution is 0.0588. The van der Waals surface area contributed by atoms with Gasteiger partial charge in [0.1, 0.15) is 15.7 Å². The maximum Gasteiger partial charge on any atom is 0.355 e. The number of pyridine rings is 1. The van der Waals surface area contributed by atoms with Gasteiger partial charge in [-0.2, -0.15) is 0 Å². The molecule has 1 unspecified atom stereocenters. The van der Waals surface area contributed by atoms with E-state index >= 15 is 0 Å². The van der Waals surface area contributed by atoms with Crippen LogP contribution in [-0.2, 0) is 28.2 Å². The number of sulfonamides is 1. The Balaban J connectivity index is 2.39. The number of esters is 1. The van der Waals surface area contributed by atoms with Crippen LogP contribution in [0.5, 0.6) is 0 Å². The molecule has 10 heteroatoms. The van der Waals surface area contributed by atoms with Crippen molar-refractivity contribution in [3.05, 3.63) is 58.1 Å². The molecule has 0 bridgehead atoms. The van der Waals surface area contributed by atoms with E-state index in [0.717, 1.165) is 5.56 Å². The fourth-order valence-electron chi connectivity index (χ4n) is 2.57. The fourth-order valence-corrected chi connectivity index (χ4v) is 5.46. The number of carbonyl (C=O) groups excluding carboxylic acids is 1. The molecule has 2 aromatic heterocycles. The van der Waals surface area contributed by atoms with E-state index in [1.165, 1.54) is 23.9 Å². The summed E-state index contributed by atoms with van der Waals surface area (Å²) in [7, 11) is -1.20. The van der Waals surface area contributed by atoms with Crippen LogP contribution in [0.3, 0.4) is 0 Å². The van der Waals surface area contributed by atoms with Crippen LogP contribution in [0.1, 0.15) is 23.0 Å². The zero-order valence-corrected chi connectivity index (χ0v) is 18.2. The zero-order chi connectivity index (χ0) is 20.4. The molecule has 0 saturated heterocycles. The van der Waals surface area contributed by atoms with Crippen molar-refractivity contribution in [3.8, 4) is 0 Å². The van der Waals surface area contributed by atoms with Gasteiger partial charge in [-0.3, -0.25) is 0 Å². The molecule has 2 rings (SSSR count). The number of carbonyl (C=O) groups is 1. The molecule has 146 valence electrons. The molecule has 0 amide bonds. The summed E-state index contributed by atoms with van der Waals surface area (Å²) in [5.41, 5.74) is -0.105. The van der Waals surface area contributed by atoms with E-state index in [-0.39, 0.29) is 15.1 Å². The SMILES string of the molecule is C=CC(C)(Cc1ccnc(Cl)c1)NS(=O)(=O)c1cn(C)c(C(=O)OC)c1Br. The molecule has 2 heterocycles. The summed E-state index contributed by atoms with van der Waals surface area (Å²) in [6.45, 7) is 5.45. The highest BCUT2D eigenvalue weighted by Crippen LogP contribution is 2.29. The summed E-state index contributed by atoms with van der Waals surface area (Å²) < 4.78 is 34.8. The lowest BCUT2D eigenvalue weighted by Crippen LogP contribution is -2.45. The van der Waals surface area contributed by atoms with Crippen LogP contribution in [0.15, 0.2) is 46.5 Å². The number of hydrogen-bond donors (Lipinski definition) is 1. The second-order valence-electron chi connectivity index (χ2n) is 6.15. The van der Waals surface area contributed by atoms with Gasteiger partial charge < -0.3 is 9.30 Å². The van der Waals surface area contributed by atoms with Crippen LogP contribution in [0.4, 0.5) is 0 Å². The average Bonchev–Trinajstić information content (AvgIpc) is 2.89. The highest BCUT2D eigenvalue weighted by Gasteiger charge is 2.33. The highest BCUT2D eigenvalue weighted by atomic mass is 79.9. The molecule has 0 radical (unpaired) electrons. The van der Waals surface area contributed by atoms with Crippen LogP contribution in [-0.4, -0.2) is 36.6 Å². The number of nitrogens with zero attached hydrogens (tertiary/aromatic N) is 2. The molecule has 0 saturated carbocycles. The summed E-state index contributed by atoms with van der Waals surface area (Å²) in [5, 5.41) is 0.315. The minimum Gasteiger partial charge on any atom is -0.464 e. The Hall–Kier alpha value is -1.68. The minimum atomic E-state index is -3.98. The number of nitrogens with one attached hydrogen (secondary N) is 1. The highest BCUT2D eigenvalue weighted by molar-refractivity contribution is 9.10. The predicted molar refractivity (Wildman–Crippen MR) is 106 cm³/mol. The summed E-state index contributed by atoms with van der Waals surface area (Å²) >= 11 is 9.09. The van der Waals surface area contributed by atoms with Crippen molar-refractivity contribution in [1.82, 2.24) is 14.3 Å². The smallest absolute Gasteiger partial charge is 0.355 e. The number of methoxy groups -OCH3 is 1. The van der Waals surface area contributed by atoms with Gasteiger partial charge in [-0.05, 0) is 47.0 Å². The van der Waals surface area contributed by atoms with Crippen LogP contribution >= 0.6 is 27.5 Å². The van der Waals surface area contributed by atoms with Gasteiger partial charge in [-0.15, -0.1) is 6.58 Å². The molecular weight excluding hydrogens is 458 g/mol. The van der Waals surface area contributed by atoms with Crippen LogP contribution in [0.2, 0.25) is 5.15 Å². The predicted octanol–water partition coefficient (Wildman–Crippen LogP) is 3.09. The summed E-state index contributed by atoms with van der Waals surface area (Å²) in [4.78, 5) is 15.7. The number of ether oxygens (including phenoxy) is 1. The number of aryl methyl sites for hydroxylation is 1. The molecule has 0 aliphatic heterocycles. The maximum atomic E-state index is 13.0. The van der Waals surface area contributed by atoms with E-state index in [1.807, 2.05) is 0 Å². The summed E-state index contributed by atoms with van der Waals surface area (Å²) in [6.07, 6.45) is 4.71. The Bertz CT molecular complexity index is 990. The largest absolute Gasteiger partial charge is 0.464 e. The van der Waals surface area contributed by atoms with Crippen molar-refractivity contribution in [2.75, 3.05) is 7.11 Å². The third kappa shape index (κ3) is 4.78. The van der Waals surface area contributed by atoms with E-state index in [9.17, 15) is 13.2 Å². The number of hydrogen-bond acceptors (Lipinski definition) is 5. The molecule has 2 aromatic rings. The second-order valence-corrected chi connectivity index (χ2v) is 8.98. The van der Waals surface area contributed by atoms with E-state index in [0.29, 0.717) is 11.6 Å². The minimum absolute atomic E-state index is 0.0776. The normalized spacial score (nSPS) is 13.8. The molecule has 27 heavy (non-hydrogen) atoms. The van der Waals surface area contributed by atoms with Gasteiger partial charge in [-0.1, -0.05) is 17.7 Å². The van der Waals surface area contributed by atoms with Crippen molar-refractivity contribution in [1.29, 1.82) is 0 Å². The first-order valence-corrected chi connectivity index (χ1v) is 10.4. The molecule has 0 fully saturated rings. The average molecular weight is 477 g/mol. The van der Waals surface area contributed by atoms with E-state index < -0.39 is 21.5 Å². The Morgan fingerprint density at radius 3 is 2.78 bits per heavy atom. The number of rotatable bonds is 7. The van der Waals surface area contributed by atoms with E-state index in [1.54, 1.807) is 32.3 Å². The lowest BCUT2D eigenvalue weighted by Gasteiger charge is -2.27. The van der Waals surface area contributed by atoms with Crippen molar-refractivity contribution in [2.45, 2.75) is 23.8 Å². The third-order valence-electron chi connectivity index (χ3n) is 3.94. The van der Waals surface area contributed by atoms with E-state index in [4.69, 9.17) is 16.3 Å². The van der Waals surface area contributed by atoms with Gasteiger partial charge >= 0.3 is 5.97 Å². The Kier molecular flexibility index (Phi) is 6.51. The maximum absolute atomic E-state index is 13.0. The van der Waals surface area contributed by atoms with Gasteiger partial charge in [0.05, 0.1) is 17.1 Å². The van der Waals surface area contributed by atoms with Crippen LogP contribution < -0.4 is 4.72 Å². The van der Waals surface area contributed by atoms with Gasteiger partial charge in [0.2, 0.25) is 10.0 Å². The molecule has 1 N–H and O–H groups in total. The van der Waals surface area contributed by atoms with Gasteiger partial charge in [0.15, 0.2) is 0 Å². The van der Waals surface area contributed by atoms with Crippen molar-refractivity contribution < 1.29 is 17.9 Å². The standard InChI is InChI=1S/C17H19BrClN3O4S/c1-5-17(2,9-11-6-7-20-13(19)8-11)21-27(24,25)12-10-22(3)15(14(12)18)16(23)26-4/h5-8,10,21H,1,9H2,2-4H3. The molecule has 7 nitrogen and oxygen atoms in total. The fraction of sp³-hybridized carbons (Fsp3) is 0.294. The van der Waals surface area contributed by atoms with Crippen molar-refractivity contribution >= 4 is 43.5 Å². The van der Waals surface area contributed by atoms with Crippen LogP contribution in [0, 0.1) is 0 Å². The summed E-state index contributed by atoms with van der Waals surface area (Å²) in [6, 6.07) is 3.40. The first-order valence-electron chi connectivity index (χ1n) is 7.74. The van der Waals surface area contributed by atoms with Crippen LogP contribution in [0.25, 0.3) is 0 Å². The Morgan fingerprint density at radius 1 is 1.56 bits per heavy atom. The van der Waals surface area contributed by atoms with Crippen molar-refractivity contribution in [3.63, 3.8) is 0 Å². The number of aromatic nitrogens is 2. The molecule has 0 aromatic carbocycles. The molecule has 0 aliphatic carbocycles.